The van der Waals surface area contributed by atoms with Crippen LogP contribution in [0.15, 0.2) is 29.3 Å². The van der Waals surface area contributed by atoms with Gasteiger partial charge in [0.15, 0.2) is 5.17 Å². The summed E-state index contributed by atoms with van der Waals surface area (Å²) in [6.07, 6.45) is 8.03. The van der Waals surface area contributed by atoms with E-state index in [2.05, 4.69) is 15.3 Å². The van der Waals surface area contributed by atoms with Crippen molar-refractivity contribution >= 4 is 33.9 Å². The smallest absolute Gasteiger partial charge is 0.239 e. The van der Waals surface area contributed by atoms with Gasteiger partial charge in [-0.3, -0.25) is 9.79 Å². The van der Waals surface area contributed by atoms with Crippen LogP contribution in [-0.4, -0.2) is 32.3 Å². The lowest BCUT2D eigenvalue weighted by Crippen LogP contribution is -2.27. The van der Waals surface area contributed by atoms with Crippen molar-refractivity contribution in [1.29, 1.82) is 0 Å². The molecule has 0 bridgehead atoms. The third-order valence-corrected chi connectivity index (χ3v) is 5.81. The van der Waals surface area contributed by atoms with E-state index >= 15 is 0 Å². The first-order valence-corrected chi connectivity index (χ1v) is 9.65. The maximum Gasteiger partial charge on any atom is 0.239 e. The van der Waals surface area contributed by atoms with Gasteiger partial charge >= 0.3 is 0 Å². The molecule has 1 amide bonds. The fourth-order valence-electron chi connectivity index (χ4n) is 3.43. The lowest BCUT2D eigenvalue weighted by Gasteiger charge is -2.08. The van der Waals surface area contributed by atoms with Crippen molar-refractivity contribution < 1.29 is 4.79 Å². The number of rotatable bonds is 3. The number of nitrogens with zero attached hydrogens (tertiary/aromatic N) is 2. The number of imidazole rings is 1. The van der Waals surface area contributed by atoms with Gasteiger partial charge < -0.3 is 10.3 Å². The van der Waals surface area contributed by atoms with Gasteiger partial charge in [0.05, 0.1) is 22.3 Å². The molecular weight excluding hydrogens is 320 g/mol. The number of fused-ring (bicyclic) bond motifs is 1. The van der Waals surface area contributed by atoms with Gasteiger partial charge in [0.2, 0.25) is 5.91 Å². The molecule has 1 atom stereocenters. The van der Waals surface area contributed by atoms with Crippen LogP contribution < -0.4 is 5.32 Å². The second-order valence-corrected chi connectivity index (χ2v) is 7.77. The fourth-order valence-corrected chi connectivity index (χ4v) is 4.48. The minimum atomic E-state index is -0.143. The van der Waals surface area contributed by atoms with Crippen LogP contribution in [0.5, 0.6) is 0 Å². The van der Waals surface area contributed by atoms with E-state index in [1.54, 1.807) is 11.8 Å². The number of para-hydroxylation sites is 2. The molecule has 2 heterocycles. The highest BCUT2D eigenvalue weighted by molar-refractivity contribution is 8.15. The number of thioether (sulfide) groups is 1. The van der Waals surface area contributed by atoms with Crippen molar-refractivity contribution in [2.24, 2.45) is 4.99 Å². The van der Waals surface area contributed by atoms with Crippen LogP contribution in [0.4, 0.5) is 0 Å². The van der Waals surface area contributed by atoms with Crippen LogP contribution in [0.3, 0.4) is 0 Å². The molecule has 1 aromatic heterocycles. The van der Waals surface area contributed by atoms with Gasteiger partial charge in [-0.25, -0.2) is 4.98 Å². The first kappa shape index (κ1) is 15.7. The molecule has 6 heteroatoms. The average molecular weight is 342 g/mol. The molecule has 126 valence electrons. The van der Waals surface area contributed by atoms with E-state index in [9.17, 15) is 4.79 Å². The summed E-state index contributed by atoms with van der Waals surface area (Å²) in [6.45, 7) is 0. The fraction of sp³-hybridized carbons (Fsp3) is 0.500. The maximum absolute atomic E-state index is 12.3. The standard InChI is InChI=1S/C18H22N4OS/c23-17-15(11-16-20-13-9-5-6-10-14(13)21-16)24-18(22-17)19-12-7-3-1-2-4-8-12/h5-6,9-10,12,15H,1-4,7-8,11H2,(H,20,21)(H,19,22,23). The number of aliphatic imine (C=N–C) groups is 1. The van der Waals surface area contributed by atoms with Crippen LogP contribution in [0.25, 0.3) is 11.0 Å². The molecule has 2 aliphatic rings. The molecular formula is C18H22N4OS. The van der Waals surface area contributed by atoms with E-state index in [4.69, 9.17) is 4.99 Å². The van der Waals surface area contributed by atoms with E-state index in [0.717, 1.165) is 34.9 Å². The van der Waals surface area contributed by atoms with Crippen molar-refractivity contribution in [1.82, 2.24) is 15.3 Å². The SMILES string of the molecule is O=C1NC(=NC2CCCCCC2)SC1Cc1nc2ccccc2[nH]1. The number of amides is 1. The molecule has 1 aromatic carbocycles. The third kappa shape index (κ3) is 3.48. The molecule has 1 saturated carbocycles. The zero-order chi connectivity index (χ0) is 16.4. The molecule has 0 radical (unpaired) electrons. The molecule has 24 heavy (non-hydrogen) atoms. The van der Waals surface area contributed by atoms with Gasteiger partial charge in [-0.05, 0) is 25.0 Å². The Hall–Kier alpha value is -1.82. The second-order valence-electron chi connectivity index (χ2n) is 6.58. The predicted octanol–water partition coefficient (Wildman–Crippen LogP) is 3.42. The Labute approximate surface area is 145 Å². The number of amidine groups is 1. The highest BCUT2D eigenvalue weighted by Crippen LogP contribution is 2.26. The molecule has 1 saturated heterocycles. The van der Waals surface area contributed by atoms with Gasteiger partial charge in [0.25, 0.3) is 0 Å². The van der Waals surface area contributed by atoms with Crippen LogP contribution in [0, 0.1) is 0 Å². The molecule has 4 rings (SSSR count). The second kappa shape index (κ2) is 6.97. The highest BCUT2D eigenvalue weighted by Gasteiger charge is 2.31. The predicted molar refractivity (Wildman–Crippen MR) is 98.2 cm³/mol. The molecule has 5 nitrogen and oxygen atoms in total. The lowest BCUT2D eigenvalue weighted by atomic mass is 10.1. The highest BCUT2D eigenvalue weighted by atomic mass is 32.2. The van der Waals surface area contributed by atoms with E-state index in [1.807, 2.05) is 24.3 Å². The monoisotopic (exact) mass is 342 g/mol. The molecule has 2 aromatic rings. The number of carbonyl (C=O) groups is 1. The Morgan fingerprint density at radius 3 is 2.75 bits per heavy atom. The first-order valence-electron chi connectivity index (χ1n) is 8.77. The summed E-state index contributed by atoms with van der Waals surface area (Å²) in [5.74, 6) is 0.910. The Bertz CT molecular complexity index is 728. The average Bonchev–Trinajstić information content (AvgIpc) is 3.02. The summed E-state index contributed by atoms with van der Waals surface area (Å²) < 4.78 is 0. The number of hydrogen-bond acceptors (Lipinski definition) is 4. The zero-order valence-corrected chi connectivity index (χ0v) is 14.4. The number of H-pyrrole nitrogens is 1. The van der Waals surface area contributed by atoms with Gasteiger partial charge in [0, 0.05) is 6.42 Å². The van der Waals surface area contributed by atoms with Crippen molar-refractivity contribution in [2.45, 2.75) is 56.2 Å². The van der Waals surface area contributed by atoms with Crippen molar-refractivity contribution in [3.8, 4) is 0 Å². The third-order valence-electron chi connectivity index (χ3n) is 4.72. The number of aromatic amines is 1. The van der Waals surface area contributed by atoms with Gasteiger partial charge in [-0.2, -0.15) is 0 Å². The summed E-state index contributed by atoms with van der Waals surface area (Å²) in [5.41, 5.74) is 1.96. The number of aromatic nitrogens is 2. The quantitative estimate of drug-likeness (QED) is 0.840. The topological polar surface area (TPSA) is 70.1 Å². The molecule has 1 aliphatic carbocycles. The van der Waals surface area contributed by atoms with Crippen LogP contribution >= 0.6 is 11.8 Å². The molecule has 2 N–H and O–H groups in total. The van der Waals surface area contributed by atoms with Gasteiger partial charge in [-0.1, -0.05) is 49.6 Å². The summed E-state index contributed by atoms with van der Waals surface area (Å²) in [5, 5.41) is 3.61. The first-order chi connectivity index (χ1) is 11.8. The van der Waals surface area contributed by atoms with E-state index in [0.29, 0.717) is 12.5 Å². The Morgan fingerprint density at radius 1 is 1.17 bits per heavy atom. The van der Waals surface area contributed by atoms with Crippen molar-refractivity contribution in [2.75, 3.05) is 0 Å². The lowest BCUT2D eigenvalue weighted by molar-refractivity contribution is -0.118. The van der Waals surface area contributed by atoms with E-state index in [-0.39, 0.29) is 11.2 Å². The van der Waals surface area contributed by atoms with Crippen LogP contribution in [0.2, 0.25) is 0 Å². The molecule has 0 spiro atoms. The summed E-state index contributed by atoms with van der Waals surface area (Å²) in [4.78, 5) is 24.9. The van der Waals surface area contributed by atoms with Crippen molar-refractivity contribution in [3.63, 3.8) is 0 Å². The minimum Gasteiger partial charge on any atom is -0.342 e. The van der Waals surface area contributed by atoms with Crippen LogP contribution in [0.1, 0.15) is 44.3 Å². The van der Waals surface area contributed by atoms with E-state index in [1.165, 1.54) is 25.7 Å². The Kier molecular flexibility index (Phi) is 4.56. The number of benzene rings is 1. The number of hydrogen-bond donors (Lipinski definition) is 2. The Morgan fingerprint density at radius 2 is 1.96 bits per heavy atom. The largest absolute Gasteiger partial charge is 0.342 e. The molecule has 1 unspecified atom stereocenters. The van der Waals surface area contributed by atoms with Crippen LogP contribution in [-0.2, 0) is 11.2 Å². The zero-order valence-electron chi connectivity index (χ0n) is 13.6. The Balaban J connectivity index is 1.43. The number of nitrogens with one attached hydrogen (secondary N) is 2. The molecule has 2 fully saturated rings. The summed E-state index contributed by atoms with van der Waals surface area (Å²) in [6, 6.07) is 8.32. The summed E-state index contributed by atoms with van der Waals surface area (Å²) >= 11 is 1.55. The maximum atomic E-state index is 12.3. The van der Waals surface area contributed by atoms with E-state index < -0.39 is 0 Å². The van der Waals surface area contributed by atoms with Gasteiger partial charge in [0.1, 0.15) is 5.82 Å². The summed E-state index contributed by atoms with van der Waals surface area (Å²) in [7, 11) is 0. The van der Waals surface area contributed by atoms with Gasteiger partial charge in [-0.15, -0.1) is 0 Å². The molecule has 1 aliphatic heterocycles. The minimum absolute atomic E-state index is 0.0489. The number of carbonyl (C=O) groups excluding carboxylic acids is 1. The normalized spacial score (nSPS) is 24.4. The van der Waals surface area contributed by atoms with Crippen molar-refractivity contribution in [3.05, 3.63) is 30.1 Å².